The molecule has 144 valence electrons. The largest absolute Gasteiger partial charge is 0.507 e. The molecule has 0 saturated carbocycles. The molecule has 7 heteroatoms. The Kier molecular flexibility index (Phi) is 5.69. The van der Waals surface area contributed by atoms with Crippen molar-refractivity contribution < 1.29 is 24.1 Å². The van der Waals surface area contributed by atoms with Gasteiger partial charge in [-0.2, -0.15) is 0 Å². The van der Waals surface area contributed by atoms with Gasteiger partial charge in [-0.25, -0.2) is 0 Å². The molecule has 1 amide bonds. The average Bonchev–Trinajstić information content (AvgIpc) is 2.77. The van der Waals surface area contributed by atoms with Gasteiger partial charge in [-0.1, -0.05) is 0 Å². The number of hydrogen-bond acceptors (Lipinski definition) is 5. The smallest absolute Gasteiger partial charge is 0.217 e. The summed E-state index contributed by atoms with van der Waals surface area (Å²) in [7, 11) is 4.76. The number of hydrogen-bond donors (Lipinski definition) is 2. The van der Waals surface area contributed by atoms with Gasteiger partial charge < -0.3 is 24.6 Å². The van der Waals surface area contributed by atoms with Crippen molar-refractivity contribution in [2.75, 3.05) is 21.3 Å². The van der Waals surface area contributed by atoms with Gasteiger partial charge in [0, 0.05) is 12.5 Å². The SMILES string of the molecule is COc1cc2c(c(OC)c1OC)-c1cc(I)c(O)cc1C(NC(C)=O)CC2. The molecule has 0 aromatic heterocycles. The monoisotopic (exact) mass is 483 g/mol. The zero-order valence-electron chi connectivity index (χ0n) is 15.7. The van der Waals surface area contributed by atoms with Gasteiger partial charge in [0.1, 0.15) is 5.75 Å². The minimum absolute atomic E-state index is 0.114. The van der Waals surface area contributed by atoms with Crippen molar-refractivity contribution in [3.05, 3.63) is 32.9 Å². The van der Waals surface area contributed by atoms with E-state index in [4.69, 9.17) is 14.2 Å². The third-order valence-corrected chi connectivity index (χ3v) is 5.62. The summed E-state index contributed by atoms with van der Waals surface area (Å²) in [5.41, 5.74) is 3.70. The number of halogens is 1. The molecule has 0 heterocycles. The predicted octanol–water partition coefficient (Wildman–Crippen LogP) is 3.81. The molecule has 2 N–H and O–H groups in total. The van der Waals surface area contributed by atoms with Gasteiger partial charge in [0.05, 0.1) is 30.9 Å². The van der Waals surface area contributed by atoms with Gasteiger partial charge >= 0.3 is 0 Å². The lowest BCUT2D eigenvalue weighted by molar-refractivity contribution is -0.119. The van der Waals surface area contributed by atoms with Gasteiger partial charge in [0.2, 0.25) is 11.7 Å². The first kappa shape index (κ1) is 19.6. The number of phenolic OH excluding ortho intramolecular Hbond substituents is 1. The second-order valence-electron chi connectivity index (χ2n) is 6.36. The summed E-state index contributed by atoms with van der Waals surface area (Å²) < 4.78 is 17.5. The van der Waals surface area contributed by atoms with Gasteiger partial charge in [-0.05, 0) is 70.3 Å². The van der Waals surface area contributed by atoms with Crippen molar-refractivity contribution in [3.63, 3.8) is 0 Å². The van der Waals surface area contributed by atoms with E-state index in [1.807, 2.05) is 12.1 Å². The minimum Gasteiger partial charge on any atom is -0.507 e. The Morgan fingerprint density at radius 3 is 2.44 bits per heavy atom. The van der Waals surface area contributed by atoms with Crippen molar-refractivity contribution in [1.82, 2.24) is 5.32 Å². The highest BCUT2D eigenvalue weighted by Gasteiger charge is 2.30. The van der Waals surface area contributed by atoms with Crippen molar-refractivity contribution in [2.45, 2.75) is 25.8 Å². The number of benzene rings is 2. The molecule has 0 spiro atoms. The number of amides is 1. The Hall–Kier alpha value is -2.16. The van der Waals surface area contributed by atoms with E-state index < -0.39 is 0 Å². The van der Waals surface area contributed by atoms with Crippen LogP contribution >= 0.6 is 22.6 Å². The standard InChI is InChI=1S/C20H22INO5/c1-10(23)22-15-6-5-11-7-17(25-2)19(26-3)20(27-4)18(11)13-8-14(21)16(24)9-12(13)15/h7-9,15,24H,5-6H2,1-4H3,(H,22,23). The average molecular weight is 483 g/mol. The molecular weight excluding hydrogens is 461 g/mol. The number of rotatable bonds is 4. The second kappa shape index (κ2) is 7.84. The highest BCUT2D eigenvalue weighted by molar-refractivity contribution is 14.1. The summed E-state index contributed by atoms with van der Waals surface area (Å²) in [6.07, 6.45) is 1.40. The number of aromatic hydroxyl groups is 1. The first-order valence-electron chi connectivity index (χ1n) is 8.53. The molecule has 0 aliphatic heterocycles. The van der Waals surface area contributed by atoms with Crippen LogP contribution < -0.4 is 19.5 Å². The Morgan fingerprint density at radius 1 is 1.15 bits per heavy atom. The van der Waals surface area contributed by atoms with Crippen LogP contribution in [0.3, 0.4) is 0 Å². The lowest BCUT2D eigenvalue weighted by atomic mass is 9.93. The molecule has 0 bridgehead atoms. The van der Waals surface area contributed by atoms with Crippen LogP contribution in [0.15, 0.2) is 18.2 Å². The molecule has 0 fully saturated rings. The van der Waals surface area contributed by atoms with E-state index in [9.17, 15) is 9.90 Å². The van der Waals surface area contributed by atoms with E-state index >= 15 is 0 Å². The maximum absolute atomic E-state index is 11.7. The fourth-order valence-corrected chi connectivity index (χ4v) is 4.10. The van der Waals surface area contributed by atoms with Gasteiger partial charge in [0.25, 0.3) is 0 Å². The maximum atomic E-state index is 11.7. The lowest BCUT2D eigenvalue weighted by Gasteiger charge is -2.21. The van der Waals surface area contributed by atoms with Gasteiger partial charge in [-0.15, -0.1) is 0 Å². The predicted molar refractivity (Wildman–Crippen MR) is 111 cm³/mol. The molecule has 3 rings (SSSR count). The van der Waals surface area contributed by atoms with Crippen LogP contribution in [0.5, 0.6) is 23.0 Å². The molecule has 0 radical (unpaired) electrons. The Labute approximate surface area is 172 Å². The van der Waals surface area contributed by atoms with Crippen LogP contribution in [-0.4, -0.2) is 32.3 Å². The van der Waals surface area contributed by atoms with E-state index in [1.54, 1.807) is 27.4 Å². The zero-order valence-corrected chi connectivity index (χ0v) is 17.8. The lowest BCUT2D eigenvalue weighted by Crippen LogP contribution is -2.26. The highest BCUT2D eigenvalue weighted by atomic mass is 127. The molecular formula is C20H22INO5. The number of nitrogens with one attached hydrogen (secondary N) is 1. The molecule has 0 saturated heterocycles. The third kappa shape index (κ3) is 3.52. The summed E-state index contributed by atoms with van der Waals surface area (Å²) in [5.74, 6) is 1.77. The van der Waals surface area contributed by atoms with Crippen LogP contribution in [0.2, 0.25) is 0 Å². The van der Waals surface area contributed by atoms with Crippen molar-refractivity contribution in [2.24, 2.45) is 0 Å². The number of carbonyl (C=O) groups is 1. The minimum atomic E-state index is -0.213. The number of carbonyl (C=O) groups excluding carboxylic acids is 1. The van der Waals surface area contributed by atoms with Crippen LogP contribution in [0.25, 0.3) is 11.1 Å². The van der Waals surface area contributed by atoms with Gasteiger partial charge in [0.15, 0.2) is 11.5 Å². The quantitative estimate of drug-likeness (QED) is 0.647. The molecule has 1 aliphatic rings. The van der Waals surface area contributed by atoms with E-state index in [-0.39, 0.29) is 17.7 Å². The summed E-state index contributed by atoms with van der Waals surface area (Å²) >= 11 is 2.10. The third-order valence-electron chi connectivity index (χ3n) is 4.76. The van der Waals surface area contributed by atoms with Crippen molar-refractivity contribution >= 4 is 28.5 Å². The van der Waals surface area contributed by atoms with Crippen LogP contribution in [0.1, 0.15) is 30.5 Å². The Morgan fingerprint density at radius 2 is 1.85 bits per heavy atom. The fraction of sp³-hybridized carbons (Fsp3) is 0.350. The van der Waals surface area contributed by atoms with E-state index in [2.05, 4.69) is 27.9 Å². The molecule has 1 aliphatic carbocycles. The topological polar surface area (TPSA) is 77.0 Å². The molecule has 2 aromatic carbocycles. The van der Waals surface area contributed by atoms with E-state index in [1.165, 1.54) is 6.92 Å². The molecule has 6 nitrogen and oxygen atoms in total. The summed E-state index contributed by atoms with van der Waals surface area (Å²) in [5, 5.41) is 13.3. The van der Waals surface area contributed by atoms with Crippen LogP contribution in [-0.2, 0) is 11.2 Å². The first-order valence-corrected chi connectivity index (χ1v) is 9.60. The summed E-state index contributed by atoms with van der Waals surface area (Å²) in [4.78, 5) is 11.7. The molecule has 27 heavy (non-hydrogen) atoms. The van der Waals surface area contributed by atoms with Crippen molar-refractivity contribution in [3.8, 4) is 34.1 Å². The first-order chi connectivity index (χ1) is 12.9. The molecule has 1 atom stereocenters. The van der Waals surface area contributed by atoms with E-state index in [0.29, 0.717) is 30.1 Å². The number of phenols is 1. The maximum Gasteiger partial charge on any atom is 0.217 e. The van der Waals surface area contributed by atoms with E-state index in [0.717, 1.165) is 25.8 Å². The number of fused-ring (bicyclic) bond motifs is 3. The Bertz CT molecular complexity index is 897. The summed E-state index contributed by atoms with van der Waals surface area (Å²) in [6, 6.07) is 5.38. The number of ether oxygens (including phenoxy) is 3. The number of methoxy groups -OCH3 is 3. The Balaban J connectivity index is 2.35. The molecule has 2 aromatic rings. The molecule has 1 unspecified atom stereocenters. The normalized spacial score (nSPS) is 15.2. The van der Waals surface area contributed by atoms with Crippen molar-refractivity contribution in [1.29, 1.82) is 0 Å². The highest BCUT2D eigenvalue weighted by Crippen LogP contribution is 2.51. The van der Waals surface area contributed by atoms with Gasteiger partial charge in [-0.3, -0.25) is 4.79 Å². The second-order valence-corrected chi connectivity index (χ2v) is 7.52. The van der Waals surface area contributed by atoms with Crippen LogP contribution in [0.4, 0.5) is 0 Å². The van der Waals surface area contributed by atoms with Crippen LogP contribution in [0, 0.1) is 3.57 Å². The summed E-state index contributed by atoms with van der Waals surface area (Å²) in [6.45, 7) is 1.50. The zero-order chi connectivity index (χ0) is 19.7. The fourth-order valence-electron chi connectivity index (χ4n) is 3.63. The number of aryl methyl sites for hydroxylation is 1.